The number of imidazole rings is 1. The fraction of sp³-hybridized carbons (Fsp3) is 0.500. The van der Waals surface area contributed by atoms with Gasteiger partial charge in [-0.05, 0) is 60.8 Å². The van der Waals surface area contributed by atoms with Crippen LogP contribution >= 0.6 is 0 Å². The van der Waals surface area contributed by atoms with Gasteiger partial charge in [-0.25, -0.2) is 4.98 Å². The van der Waals surface area contributed by atoms with Crippen molar-refractivity contribution < 1.29 is 14.3 Å². The first kappa shape index (κ1) is 26.6. The van der Waals surface area contributed by atoms with E-state index in [0.717, 1.165) is 48.9 Å². The van der Waals surface area contributed by atoms with Crippen LogP contribution in [0.15, 0.2) is 30.5 Å². The molecule has 1 aliphatic carbocycles. The molecule has 1 fully saturated rings. The lowest BCUT2D eigenvalue weighted by molar-refractivity contribution is -0.118. The minimum atomic E-state index is -0.388. The van der Waals surface area contributed by atoms with Gasteiger partial charge in [-0.3, -0.25) is 9.59 Å². The van der Waals surface area contributed by atoms with Crippen molar-refractivity contribution in [2.45, 2.75) is 58.4 Å². The zero-order valence-electron chi connectivity index (χ0n) is 21.9. The zero-order chi connectivity index (χ0) is 26.5. The van der Waals surface area contributed by atoms with E-state index >= 15 is 0 Å². The first-order valence-corrected chi connectivity index (χ1v) is 12.9. The van der Waals surface area contributed by atoms with Gasteiger partial charge in [0.1, 0.15) is 11.8 Å². The van der Waals surface area contributed by atoms with Gasteiger partial charge in [-0.15, -0.1) is 0 Å². The topological polar surface area (TPSA) is 132 Å². The predicted molar refractivity (Wildman–Crippen MR) is 142 cm³/mol. The number of nitrogens with one attached hydrogen (secondary N) is 4. The standard InChI is InChI=1S/C28H36N6O3/c1-19(35)30-12-13-32-28(10-14-37-15-11-28)21-4-5-24(34-26(36)25-31-18-22(17-29)33-25)23(16-21)20-6-8-27(2,3)9-7-20/h4-6,16,18,32H,7-15H2,1-3H3,(H,30,35)(H,31,33)(H,34,36). The number of nitriles is 1. The van der Waals surface area contributed by atoms with Gasteiger partial charge in [-0.2, -0.15) is 5.26 Å². The quantitative estimate of drug-likeness (QED) is 0.404. The van der Waals surface area contributed by atoms with E-state index in [2.05, 4.69) is 58.0 Å². The van der Waals surface area contributed by atoms with Crippen molar-refractivity contribution in [3.63, 3.8) is 0 Å². The Morgan fingerprint density at radius 3 is 2.62 bits per heavy atom. The minimum absolute atomic E-state index is 0.0455. The van der Waals surface area contributed by atoms with E-state index in [-0.39, 0.29) is 34.3 Å². The number of carbonyl (C=O) groups excluding carboxylic acids is 2. The number of aromatic nitrogens is 2. The van der Waals surface area contributed by atoms with Crippen molar-refractivity contribution >= 4 is 23.1 Å². The maximum atomic E-state index is 13.0. The highest BCUT2D eigenvalue weighted by Gasteiger charge is 2.35. The molecule has 37 heavy (non-hydrogen) atoms. The van der Waals surface area contributed by atoms with Crippen LogP contribution in [0, 0.1) is 16.7 Å². The second-order valence-corrected chi connectivity index (χ2v) is 10.7. The summed E-state index contributed by atoms with van der Waals surface area (Å²) in [6, 6.07) is 8.18. The summed E-state index contributed by atoms with van der Waals surface area (Å²) in [6.45, 7) is 8.57. The maximum Gasteiger partial charge on any atom is 0.291 e. The third kappa shape index (κ3) is 6.45. The molecule has 196 valence electrons. The first-order valence-electron chi connectivity index (χ1n) is 12.9. The molecule has 0 saturated carbocycles. The monoisotopic (exact) mass is 504 g/mol. The number of anilines is 1. The first-order chi connectivity index (χ1) is 17.7. The highest BCUT2D eigenvalue weighted by atomic mass is 16.5. The summed E-state index contributed by atoms with van der Waals surface area (Å²) in [7, 11) is 0. The van der Waals surface area contributed by atoms with Crippen molar-refractivity contribution in [3.05, 3.63) is 53.1 Å². The summed E-state index contributed by atoms with van der Waals surface area (Å²) in [4.78, 5) is 31.1. The molecule has 2 heterocycles. The summed E-state index contributed by atoms with van der Waals surface area (Å²) in [5, 5.41) is 18.6. The number of rotatable bonds is 8. The summed E-state index contributed by atoms with van der Waals surface area (Å²) < 4.78 is 5.69. The third-order valence-corrected chi connectivity index (χ3v) is 7.36. The molecule has 0 atom stereocenters. The van der Waals surface area contributed by atoms with Gasteiger partial charge in [-0.1, -0.05) is 26.0 Å². The van der Waals surface area contributed by atoms with Gasteiger partial charge in [0, 0.05) is 50.0 Å². The van der Waals surface area contributed by atoms with E-state index in [9.17, 15) is 9.59 Å². The molecule has 2 amide bonds. The van der Waals surface area contributed by atoms with Crippen LogP contribution in [-0.2, 0) is 15.1 Å². The van der Waals surface area contributed by atoms with E-state index in [1.54, 1.807) is 0 Å². The summed E-state index contributed by atoms with van der Waals surface area (Å²) in [6.07, 6.45) is 8.23. The fourth-order valence-corrected chi connectivity index (χ4v) is 5.04. The molecule has 1 aromatic heterocycles. The molecule has 0 bridgehead atoms. The molecule has 1 aromatic carbocycles. The smallest absolute Gasteiger partial charge is 0.291 e. The number of amides is 2. The lowest BCUT2D eigenvalue weighted by Crippen LogP contribution is -2.49. The normalized spacial score (nSPS) is 18.4. The predicted octanol–water partition coefficient (Wildman–Crippen LogP) is 3.86. The Balaban J connectivity index is 1.67. The van der Waals surface area contributed by atoms with Crippen LogP contribution in [0.4, 0.5) is 5.69 Å². The average molecular weight is 505 g/mol. The van der Waals surface area contributed by atoms with Gasteiger partial charge >= 0.3 is 0 Å². The second-order valence-electron chi connectivity index (χ2n) is 10.7. The van der Waals surface area contributed by atoms with Crippen molar-refractivity contribution in [1.82, 2.24) is 20.6 Å². The number of aromatic amines is 1. The van der Waals surface area contributed by atoms with Crippen molar-refractivity contribution in [2.24, 2.45) is 5.41 Å². The zero-order valence-corrected chi connectivity index (χ0v) is 21.9. The van der Waals surface area contributed by atoms with Gasteiger partial charge in [0.2, 0.25) is 5.91 Å². The second kappa shape index (κ2) is 11.3. The molecule has 0 unspecified atom stereocenters. The number of ether oxygens (including phenoxy) is 1. The van der Waals surface area contributed by atoms with E-state index < -0.39 is 0 Å². The summed E-state index contributed by atoms with van der Waals surface area (Å²) in [5.74, 6) is -0.330. The molecule has 4 rings (SSSR count). The van der Waals surface area contributed by atoms with Gasteiger partial charge < -0.3 is 25.7 Å². The molecule has 0 radical (unpaired) electrons. The van der Waals surface area contributed by atoms with Crippen LogP contribution in [0.25, 0.3) is 5.57 Å². The van der Waals surface area contributed by atoms with E-state index in [0.29, 0.717) is 26.3 Å². The summed E-state index contributed by atoms with van der Waals surface area (Å²) in [5.41, 5.74) is 4.28. The van der Waals surface area contributed by atoms with Crippen LogP contribution in [0.1, 0.15) is 80.3 Å². The number of allylic oxidation sites excluding steroid dienone is 2. The molecule has 9 nitrogen and oxygen atoms in total. The Morgan fingerprint density at radius 2 is 1.97 bits per heavy atom. The van der Waals surface area contributed by atoms with E-state index in [1.165, 1.54) is 18.7 Å². The van der Waals surface area contributed by atoms with Gasteiger partial charge in [0.25, 0.3) is 5.91 Å². The van der Waals surface area contributed by atoms with Crippen molar-refractivity contribution in [1.29, 1.82) is 5.26 Å². The fourth-order valence-electron chi connectivity index (χ4n) is 5.04. The molecule has 1 aliphatic heterocycles. The van der Waals surface area contributed by atoms with Gasteiger partial charge in [0.05, 0.1) is 6.20 Å². The molecule has 4 N–H and O–H groups in total. The SMILES string of the molecule is CC(=O)NCCNC1(c2ccc(NC(=O)c3ncc(C#N)[nH]3)c(C3=CCC(C)(C)CC3)c2)CCOCC1. The van der Waals surface area contributed by atoms with Crippen LogP contribution in [-0.4, -0.2) is 48.1 Å². The molecule has 2 aliphatic rings. The summed E-state index contributed by atoms with van der Waals surface area (Å²) >= 11 is 0. The molecule has 0 spiro atoms. The maximum absolute atomic E-state index is 13.0. The number of hydrogen-bond donors (Lipinski definition) is 4. The Morgan fingerprint density at radius 1 is 1.19 bits per heavy atom. The van der Waals surface area contributed by atoms with Crippen LogP contribution < -0.4 is 16.0 Å². The largest absolute Gasteiger partial charge is 0.381 e. The third-order valence-electron chi connectivity index (χ3n) is 7.36. The van der Waals surface area contributed by atoms with E-state index in [1.807, 2.05) is 12.1 Å². The molecule has 2 aromatic rings. The average Bonchev–Trinajstić information content (AvgIpc) is 3.37. The number of H-pyrrole nitrogens is 1. The number of carbonyl (C=O) groups is 2. The molecule has 1 saturated heterocycles. The number of nitrogens with zero attached hydrogens (tertiary/aromatic N) is 2. The Hall–Kier alpha value is -3.48. The minimum Gasteiger partial charge on any atom is -0.381 e. The number of benzene rings is 1. The van der Waals surface area contributed by atoms with Gasteiger partial charge in [0.15, 0.2) is 5.82 Å². The Bertz CT molecular complexity index is 1220. The molecular formula is C28H36N6O3. The van der Waals surface area contributed by atoms with Crippen LogP contribution in [0.2, 0.25) is 0 Å². The Labute approximate surface area is 218 Å². The highest BCUT2D eigenvalue weighted by molar-refractivity contribution is 6.03. The molecular weight excluding hydrogens is 468 g/mol. The highest BCUT2D eigenvalue weighted by Crippen LogP contribution is 2.42. The lowest BCUT2D eigenvalue weighted by Gasteiger charge is -2.39. The van der Waals surface area contributed by atoms with Crippen LogP contribution in [0.3, 0.4) is 0 Å². The lowest BCUT2D eigenvalue weighted by atomic mass is 9.75. The number of hydrogen-bond acceptors (Lipinski definition) is 6. The van der Waals surface area contributed by atoms with Crippen molar-refractivity contribution in [2.75, 3.05) is 31.6 Å². The van der Waals surface area contributed by atoms with E-state index in [4.69, 9.17) is 10.00 Å². The molecule has 9 heteroatoms. The van der Waals surface area contributed by atoms with Crippen LogP contribution in [0.5, 0.6) is 0 Å². The van der Waals surface area contributed by atoms with Crippen molar-refractivity contribution in [3.8, 4) is 6.07 Å². The Kier molecular flexibility index (Phi) is 8.10.